The van der Waals surface area contributed by atoms with Crippen molar-refractivity contribution >= 4 is 40.5 Å². The third-order valence-corrected chi connectivity index (χ3v) is 5.22. The summed E-state index contributed by atoms with van der Waals surface area (Å²) in [6, 6.07) is 14.2. The Balaban J connectivity index is 1.45. The molecule has 0 aliphatic carbocycles. The van der Waals surface area contributed by atoms with Crippen molar-refractivity contribution in [3.8, 4) is 5.75 Å². The van der Waals surface area contributed by atoms with Gasteiger partial charge in [-0.25, -0.2) is 9.97 Å². The molecule has 0 radical (unpaired) electrons. The van der Waals surface area contributed by atoms with E-state index in [-0.39, 0.29) is 5.91 Å². The van der Waals surface area contributed by atoms with Gasteiger partial charge in [-0.3, -0.25) is 4.79 Å². The first-order chi connectivity index (χ1) is 15.5. The molecule has 3 aromatic rings. The van der Waals surface area contributed by atoms with Crippen LogP contribution in [0.5, 0.6) is 5.75 Å². The van der Waals surface area contributed by atoms with Crippen LogP contribution in [0.1, 0.15) is 16.2 Å². The monoisotopic (exact) mass is 453 g/mol. The number of benzene rings is 2. The Hall–Kier alpha value is -3.36. The van der Waals surface area contributed by atoms with Gasteiger partial charge in [-0.05, 0) is 49.4 Å². The van der Waals surface area contributed by atoms with Crippen molar-refractivity contribution in [2.24, 2.45) is 0 Å². The quantitative estimate of drug-likeness (QED) is 0.575. The zero-order valence-electron chi connectivity index (χ0n) is 17.9. The summed E-state index contributed by atoms with van der Waals surface area (Å²) in [5.41, 5.74) is 1.86. The van der Waals surface area contributed by atoms with Gasteiger partial charge in [0.2, 0.25) is 0 Å². The fourth-order valence-electron chi connectivity index (χ4n) is 3.41. The summed E-state index contributed by atoms with van der Waals surface area (Å²) in [6.07, 6.45) is 0. The minimum absolute atomic E-state index is 0.299. The summed E-state index contributed by atoms with van der Waals surface area (Å²) in [7, 11) is 1.51. The number of nitrogens with one attached hydrogen (secondary N) is 2. The van der Waals surface area contributed by atoms with Gasteiger partial charge >= 0.3 is 0 Å². The molecule has 2 N–H and O–H groups in total. The predicted octanol–water partition coefficient (Wildman–Crippen LogP) is 4.28. The van der Waals surface area contributed by atoms with Gasteiger partial charge in [0.15, 0.2) is 0 Å². The van der Waals surface area contributed by atoms with Crippen LogP contribution in [-0.4, -0.2) is 49.3 Å². The second-order valence-electron chi connectivity index (χ2n) is 7.26. The molecule has 4 rings (SSSR count). The van der Waals surface area contributed by atoms with Gasteiger partial charge in [-0.1, -0.05) is 11.6 Å². The molecule has 2 heterocycles. The maximum Gasteiger partial charge on any atom is 0.259 e. The van der Waals surface area contributed by atoms with E-state index in [1.54, 1.807) is 18.2 Å². The third kappa shape index (κ3) is 5.27. The lowest BCUT2D eigenvalue weighted by molar-refractivity contribution is 0.102. The number of nitrogens with zero attached hydrogens (tertiary/aromatic N) is 3. The normalized spacial score (nSPS) is 13.5. The molecular weight excluding hydrogens is 430 g/mol. The number of aryl methyl sites for hydroxylation is 1. The average Bonchev–Trinajstić information content (AvgIpc) is 2.80. The molecule has 1 aliphatic heterocycles. The van der Waals surface area contributed by atoms with E-state index < -0.39 is 0 Å². The van der Waals surface area contributed by atoms with Crippen LogP contribution in [0.15, 0.2) is 48.5 Å². The van der Waals surface area contributed by atoms with Gasteiger partial charge in [0.05, 0.1) is 25.9 Å². The van der Waals surface area contributed by atoms with Crippen LogP contribution in [0.2, 0.25) is 5.02 Å². The van der Waals surface area contributed by atoms with Gasteiger partial charge < -0.3 is 25.0 Å². The molecule has 0 spiro atoms. The molecule has 0 bridgehead atoms. The highest BCUT2D eigenvalue weighted by molar-refractivity contribution is 6.31. The van der Waals surface area contributed by atoms with Gasteiger partial charge in [-0.2, -0.15) is 0 Å². The second-order valence-corrected chi connectivity index (χ2v) is 7.70. The fraction of sp³-hybridized carbons (Fsp3) is 0.261. The van der Waals surface area contributed by atoms with E-state index in [1.165, 1.54) is 7.11 Å². The Morgan fingerprint density at radius 3 is 2.50 bits per heavy atom. The summed E-state index contributed by atoms with van der Waals surface area (Å²) in [5.74, 6) is 2.44. The van der Waals surface area contributed by atoms with Crippen LogP contribution < -0.4 is 20.3 Å². The van der Waals surface area contributed by atoms with Crippen molar-refractivity contribution in [3.05, 3.63) is 64.9 Å². The van der Waals surface area contributed by atoms with Gasteiger partial charge in [-0.15, -0.1) is 0 Å². The second kappa shape index (κ2) is 9.84. The SMILES string of the molecule is COc1ccc(Cl)cc1C(=O)Nc1ccc(Nc2cc(N3CCOCC3)nc(C)n2)cc1. The summed E-state index contributed by atoms with van der Waals surface area (Å²) >= 11 is 6.03. The smallest absolute Gasteiger partial charge is 0.259 e. The van der Waals surface area contributed by atoms with Gasteiger partial charge in [0, 0.05) is 35.6 Å². The zero-order valence-corrected chi connectivity index (χ0v) is 18.6. The van der Waals surface area contributed by atoms with Crippen molar-refractivity contribution in [3.63, 3.8) is 0 Å². The highest BCUT2D eigenvalue weighted by Crippen LogP contribution is 2.25. The fourth-order valence-corrected chi connectivity index (χ4v) is 3.58. The Morgan fingerprint density at radius 1 is 1.06 bits per heavy atom. The number of anilines is 4. The summed E-state index contributed by atoms with van der Waals surface area (Å²) in [5, 5.41) is 6.63. The lowest BCUT2D eigenvalue weighted by Gasteiger charge is -2.28. The number of ether oxygens (including phenoxy) is 2. The molecule has 1 amide bonds. The molecule has 8 nitrogen and oxygen atoms in total. The van der Waals surface area contributed by atoms with E-state index >= 15 is 0 Å². The summed E-state index contributed by atoms with van der Waals surface area (Å²) < 4.78 is 10.7. The summed E-state index contributed by atoms with van der Waals surface area (Å²) in [4.78, 5) is 23.9. The van der Waals surface area contributed by atoms with Crippen molar-refractivity contribution < 1.29 is 14.3 Å². The molecule has 1 fully saturated rings. The molecular formula is C23H24ClN5O3. The first kappa shape index (κ1) is 21.9. The number of rotatable bonds is 6. The standard InChI is InChI=1S/C23H24ClN5O3/c1-15-25-21(14-22(26-15)29-9-11-32-12-10-29)27-17-4-6-18(7-5-17)28-23(30)19-13-16(24)3-8-20(19)31-2/h3-8,13-14H,9-12H2,1-2H3,(H,28,30)(H,25,26,27). The number of methoxy groups -OCH3 is 1. The maximum absolute atomic E-state index is 12.7. The van der Waals surface area contributed by atoms with Crippen LogP contribution >= 0.6 is 11.6 Å². The van der Waals surface area contributed by atoms with Crippen LogP contribution in [-0.2, 0) is 4.74 Å². The van der Waals surface area contributed by atoms with E-state index in [0.717, 1.165) is 24.6 Å². The molecule has 1 saturated heterocycles. The Labute approximate surface area is 191 Å². The molecule has 0 unspecified atom stereocenters. The predicted molar refractivity (Wildman–Crippen MR) is 125 cm³/mol. The van der Waals surface area contributed by atoms with Crippen LogP contribution in [0.3, 0.4) is 0 Å². The maximum atomic E-state index is 12.7. The zero-order chi connectivity index (χ0) is 22.5. The number of morpholine rings is 1. The first-order valence-electron chi connectivity index (χ1n) is 10.2. The Morgan fingerprint density at radius 2 is 1.78 bits per heavy atom. The van der Waals surface area contributed by atoms with Gasteiger partial charge in [0.25, 0.3) is 5.91 Å². The van der Waals surface area contributed by atoms with E-state index in [4.69, 9.17) is 21.1 Å². The van der Waals surface area contributed by atoms with Crippen molar-refractivity contribution in [2.75, 3.05) is 48.9 Å². The van der Waals surface area contributed by atoms with Crippen molar-refractivity contribution in [1.29, 1.82) is 0 Å². The number of halogens is 1. The number of hydrogen-bond donors (Lipinski definition) is 2. The topological polar surface area (TPSA) is 88.6 Å². The Kier molecular flexibility index (Phi) is 6.72. The van der Waals surface area contributed by atoms with Crippen LogP contribution in [0.4, 0.5) is 23.0 Å². The minimum Gasteiger partial charge on any atom is -0.496 e. The van der Waals surface area contributed by atoms with Crippen molar-refractivity contribution in [2.45, 2.75) is 6.92 Å². The minimum atomic E-state index is -0.299. The van der Waals surface area contributed by atoms with E-state index in [0.29, 0.717) is 46.9 Å². The molecule has 166 valence electrons. The number of carbonyl (C=O) groups excluding carboxylic acids is 1. The Bertz CT molecular complexity index is 1100. The average molecular weight is 454 g/mol. The lowest BCUT2D eigenvalue weighted by Crippen LogP contribution is -2.36. The number of aromatic nitrogens is 2. The molecule has 1 aliphatic rings. The molecule has 1 aromatic heterocycles. The van der Waals surface area contributed by atoms with E-state index in [1.807, 2.05) is 37.3 Å². The molecule has 0 saturated carbocycles. The lowest BCUT2D eigenvalue weighted by atomic mass is 10.1. The highest BCUT2D eigenvalue weighted by Gasteiger charge is 2.15. The molecule has 9 heteroatoms. The van der Waals surface area contributed by atoms with Crippen molar-refractivity contribution in [1.82, 2.24) is 9.97 Å². The van der Waals surface area contributed by atoms with Crippen LogP contribution in [0.25, 0.3) is 0 Å². The van der Waals surface area contributed by atoms with Gasteiger partial charge in [0.1, 0.15) is 23.2 Å². The molecule has 2 aromatic carbocycles. The largest absolute Gasteiger partial charge is 0.496 e. The van der Waals surface area contributed by atoms with Crippen LogP contribution in [0, 0.1) is 6.92 Å². The molecule has 32 heavy (non-hydrogen) atoms. The first-order valence-corrected chi connectivity index (χ1v) is 10.6. The van der Waals surface area contributed by atoms with E-state index in [2.05, 4.69) is 25.5 Å². The summed E-state index contributed by atoms with van der Waals surface area (Å²) in [6.45, 7) is 4.88. The highest BCUT2D eigenvalue weighted by atomic mass is 35.5. The third-order valence-electron chi connectivity index (χ3n) is 4.98. The molecule has 0 atom stereocenters. The number of hydrogen-bond acceptors (Lipinski definition) is 7. The number of amides is 1. The number of carbonyl (C=O) groups is 1. The van der Waals surface area contributed by atoms with E-state index in [9.17, 15) is 4.79 Å².